The highest BCUT2D eigenvalue weighted by Crippen LogP contribution is 2.30. The minimum Gasteiger partial charge on any atom is -0.497 e. The molecule has 32 heavy (non-hydrogen) atoms. The number of benzene rings is 2. The molecule has 1 atom stereocenters. The van der Waals surface area contributed by atoms with E-state index < -0.39 is 6.10 Å². The maximum atomic E-state index is 10.5. The third-order valence-corrected chi connectivity index (χ3v) is 5.77. The number of guanidine groups is 1. The van der Waals surface area contributed by atoms with Gasteiger partial charge in [-0.3, -0.25) is 4.99 Å². The van der Waals surface area contributed by atoms with E-state index in [0.717, 1.165) is 61.2 Å². The van der Waals surface area contributed by atoms with Gasteiger partial charge in [0.1, 0.15) is 11.5 Å². The number of anilines is 1. The number of nitrogens with one attached hydrogen (secondary N) is 2. The molecule has 1 heterocycles. The van der Waals surface area contributed by atoms with E-state index in [4.69, 9.17) is 9.47 Å². The van der Waals surface area contributed by atoms with Crippen molar-refractivity contribution in [2.75, 3.05) is 45.3 Å². The molecule has 174 valence electrons. The molecule has 0 radical (unpaired) electrons. The van der Waals surface area contributed by atoms with Crippen molar-refractivity contribution in [3.8, 4) is 11.5 Å². The van der Waals surface area contributed by atoms with Gasteiger partial charge in [-0.25, -0.2) is 0 Å². The normalized spacial score (nSPS) is 15.9. The van der Waals surface area contributed by atoms with Crippen LogP contribution in [0.15, 0.2) is 47.5 Å². The molecule has 1 aliphatic heterocycles. The van der Waals surface area contributed by atoms with Crippen LogP contribution in [-0.4, -0.2) is 57.5 Å². The summed E-state index contributed by atoms with van der Waals surface area (Å²) < 4.78 is 10.8. The van der Waals surface area contributed by atoms with Crippen molar-refractivity contribution in [1.29, 1.82) is 0 Å². The molecule has 1 unspecified atom stereocenters. The minimum absolute atomic E-state index is 0.320. The molecule has 0 bridgehead atoms. The number of rotatable bonds is 8. The predicted octanol–water partition coefficient (Wildman–Crippen LogP) is 3.27. The lowest BCUT2D eigenvalue weighted by Gasteiger charge is -2.35. The maximum absolute atomic E-state index is 10.5. The molecular formula is C25H36N4O3. The zero-order chi connectivity index (χ0) is 22.9. The van der Waals surface area contributed by atoms with E-state index in [1.54, 1.807) is 14.2 Å². The number of aliphatic hydroxyl groups is 1. The van der Waals surface area contributed by atoms with E-state index in [-0.39, 0.29) is 0 Å². The molecular weight excluding hydrogens is 404 g/mol. The summed E-state index contributed by atoms with van der Waals surface area (Å²) in [5.41, 5.74) is 3.18. The summed E-state index contributed by atoms with van der Waals surface area (Å²) in [5.74, 6) is 2.35. The van der Waals surface area contributed by atoms with Gasteiger partial charge in [0.25, 0.3) is 0 Å². The molecule has 1 saturated heterocycles. The van der Waals surface area contributed by atoms with E-state index in [1.165, 1.54) is 5.56 Å². The van der Waals surface area contributed by atoms with Crippen molar-refractivity contribution in [3.63, 3.8) is 0 Å². The smallest absolute Gasteiger partial charge is 0.191 e. The van der Waals surface area contributed by atoms with Crippen LogP contribution in [0.5, 0.6) is 11.5 Å². The lowest BCUT2D eigenvalue weighted by molar-refractivity contribution is 0.187. The number of methoxy groups -OCH3 is 2. The second-order valence-electron chi connectivity index (χ2n) is 8.12. The van der Waals surface area contributed by atoms with Crippen LogP contribution in [-0.2, 0) is 0 Å². The molecule has 2 aromatic carbocycles. The van der Waals surface area contributed by atoms with Gasteiger partial charge in [0.15, 0.2) is 5.96 Å². The van der Waals surface area contributed by atoms with E-state index >= 15 is 0 Å². The zero-order valence-corrected chi connectivity index (χ0v) is 19.6. The van der Waals surface area contributed by atoms with Crippen molar-refractivity contribution in [1.82, 2.24) is 10.6 Å². The fourth-order valence-electron chi connectivity index (χ4n) is 3.84. The lowest BCUT2D eigenvalue weighted by Crippen LogP contribution is -2.48. The Kier molecular flexibility index (Phi) is 8.62. The quantitative estimate of drug-likeness (QED) is 0.432. The Labute approximate surface area is 191 Å². The molecule has 0 aliphatic carbocycles. The first-order valence-corrected chi connectivity index (χ1v) is 11.3. The van der Waals surface area contributed by atoms with Gasteiger partial charge in [-0.2, -0.15) is 0 Å². The van der Waals surface area contributed by atoms with Gasteiger partial charge in [-0.1, -0.05) is 29.8 Å². The number of nitrogens with zero attached hydrogens (tertiary/aromatic N) is 2. The van der Waals surface area contributed by atoms with Crippen molar-refractivity contribution >= 4 is 11.6 Å². The summed E-state index contributed by atoms with van der Waals surface area (Å²) in [4.78, 5) is 6.98. The highest BCUT2D eigenvalue weighted by molar-refractivity contribution is 5.80. The number of hydrogen-bond donors (Lipinski definition) is 3. The second-order valence-corrected chi connectivity index (χ2v) is 8.12. The maximum Gasteiger partial charge on any atom is 0.191 e. The summed E-state index contributed by atoms with van der Waals surface area (Å²) in [7, 11) is 3.35. The van der Waals surface area contributed by atoms with Gasteiger partial charge >= 0.3 is 0 Å². The number of aryl methyl sites for hydroxylation is 1. The highest BCUT2D eigenvalue weighted by Gasteiger charge is 2.21. The molecule has 7 nitrogen and oxygen atoms in total. The van der Waals surface area contributed by atoms with Gasteiger partial charge in [0.2, 0.25) is 0 Å². The molecule has 0 spiro atoms. The Morgan fingerprint density at radius 2 is 1.72 bits per heavy atom. The van der Waals surface area contributed by atoms with Crippen LogP contribution in [0.1, 0.15) is 37.0 Å². The van der Waals surface area contributed by atoms with Gasteiger partial charge in [0.05, 0.1) is 26.9 Å². The van der Waals surface area contributed by atoms with Crippen LogP contribution >= 0.6 is 0 Å². The highest BCUT2D eigenvalue weighted by atomic mass is 16.5. The number of aliphatic hydroxyl groups excluding tert-OH is 1. The molecule has 3 rings (SSSR count). The lowest BCUT2D eigenvalue weighted by atomic mass is 10.0. The van der Waals surface area contributed by atoms with Crippen LogP contribution in [0.25, 0.3) is 0 Å². The van der Waals surface area contributed by atoms with Crippen molar-refractivity contribution in [2.24, 2.45) is 4.99 Å². The largest absolute Gasteiger partial charge is 0.497 e. The van der Waals surface area contributed by atoms with E-state index in [9.17, 15) is 5.11 Å². The van der Waals surface area contributed by atoms with Crippen LogP contribution in [0.2, 0.25) is 0 Å². The van der Waals surface area contributed by atoms with E-state index in [2.05, 4.69) is 20.5 Å². The van der Waals surface area contributed by atoms with E-state index in [0.29, 0.717) is 12.6 Å². The minimum atomic E-state index is -0.615. The summed E-state index contributed by atoms with van der Waals surface area (Å²) in [6, 6.07) is 14.3. The second kappa shape index (κ2) is 11.6. The molecule has 3 N–H and O–H groups in total. The average Bonchev–Trinajstić information content (AvgIpc) is 2.83. The summed E-state index contributed by atoms with van der Waals surface area (Å²) >= 11 is 0. The average molecular weight is 441 g/mol. The van der Waals surface area contributed by atoms with Crippen LogP contribution in [0.3, 0.4) is 0 Å². The van der Waals surface area contributed by atoms with Crippen LogP contribution in [0, 0.1) is 6.92 Å². The Balaban J connectivity index is 1.56. The standard InChI is InChI=1S/C25H36N4O3/c1-5-26-25(27-17-24(30)19-8-6-18(2)7-9-19)28-20-10-12-29(13-11-20)21-14-22(31-3)16-23(15-21)32-4/h6-9,14-16,20,24,30H,5,10-13,17H2,1-4H3,(H2,26,27,28). The molecule has 1 fully saturated rings. The monoisotopic (exact) mass is 440 g/mol. The number of aliphatic imine (C=N–C) groups is 1. The Morgan fingerprint density at radius 3 is 2.28 bits per heavy atom. The number of hydrogen-bond acceptors (Lipinski definition) is 5. The first-order chi connectivity index (χ1) is 15.5. The fraction of sp³-hybridized carbons (Fsp3) is 0.480. The van der Waals surface area contributed by atoms with Crippen molar-refractivity contribution in [2.45, 2.75) is 38.8 Å². The Hall–Kier alpha value is -2.93. The summed E-state index contributed by atoms with van der Waals surface area (Å²) in [5, 5.41) is 17.3. The zero-order valence-electron chi connectivity index (χ0n) is 19.6. The molecule has 1 aliphatic rings. The molecule has 0 amide bonds. The van der Waals surface area contributed by atoms with Gasteiger partial charge in [0, 0.05) is 49.6 Å². The third kappa shape index (κ3) is 6.53. The molecule has 0 aromatic heterocycles. The van der Waals surface area contributed by atoms with Gasteiger partial charge in [-0.05, 0) is 32.3 Å². The molecule has 7 heteroatoms. The van der Waals surface area contributed by atoms with Crippen molar-refractivity contribution in [3.05, 3.63) is 53.6 Å². The fourth-order valence-corrected chi connectivity index (χ4v) is 3.84. The number of piperidine rings is 1. The van der Waals surface area contributed by atoms with Crippen LogP contribution in [0.4, 0.5) is 5.69 Å². The summed E-state index contributed by atoms with van der Waals surface area (Å²) in [6.45, 7) is 7.04. The third-order valence-electron chi connectivity index (χ3n) is 5.77. The molecule has 2 aromatic rings. The molecule has 0 saturated carbocycles. The van der Waals surface area contributed by atoms with Gasteiger partial charge < -0.3 is 30.1 Å². The van der Waals surface area contributed by atoms with Gasteiger partial charge in [-0.15, -0.1) is 0 Å². The first kappa shape index (κ1) is 23.7. The predicted molar refractivity (Wildman–Crippen MR) is 130 cm³/mol. The van der Waals surface area contributed by atoms with Crippen molar-refractivity contribution < 1.29 is 14.6 Å². The number of ether oxygens (including phenoxy) is 2. The Morgan fingerprint density at radius 1 is 1.09 bits per heavy atom. The van der Waals surface area contributed by atoms with E-state index in [1.807, 2.05) is 56.3 Å². The summed E-state index contributed by atoms with van der Waals surface area (Å²) in [6.07, 6.45) is 1.37. The first-order valence-electron chi connectivity index (χ1n) is 11.3. The Bertz CT molecular complexity index is 855. The van der Waals surface area contributed by atoms with Crippen LogP contribution < -0.4 is 25.0 Å². The SMILES string of the molecule is CCNC(=NCC(O)c1ccc(C)cc1)NC1CCN(c2cc(OC)cc(OC)c2)CC1. The topological polar surface area (TPSA) is 78.4 Å².